The fraction of sp³-hybridized carbons (Fsp3) is 0.318. The molecule has 1 N–H and O–H groups in total. The number of pyridine rings is 1. The molecule has 25 heavy (non-hydrogen) atoms. The molecule has 0 amide bonds. The molecule has 0 radical (unpaired) electrons. The van der Waals surface area contributed by atoms with Gasteiger partial charge in [0.2, 0.25) is 0 Å². The SMILES string of the molecule is Cc1cnc2[nH]ccc2c1N1CC=CC2C1C21CC1c1ccccc1. The van der Waals surface area contributed by atoms with Crippen molar-refractivity contribution in [3.05, 3.63) is 72.1 Å². The van der Waals surface area contributed by atoms with E-state index in [2.05, 4.69) is 70.3 Å². The van der Waals surface area contributed by atoms with Crippen molar-refractivity contribution in [3.8, 4) is 0 Å². The molecule has 3 heteroatoms. The Morgan fingerprint density at radius 2 is 2.08 bits per heavy atom. The summed E-state index contributed by atoms with van der Waals surface area (Å²) < 4.78 is 0. The third kappa shape index (κ3) is 1.68. The maximum absolute atomic E-state index is 4.55. The van der Waals surface area contributed by atoms with Gasteiger partial charge < -0.3 is 9.88 Å². The summed E-state index contributed by atoms with van der Waals surface area (Å²) in [5.41, 5.74) is 5.63. The zero-order valence-corrected chi connectivity index (χ0v) is 14.3. The van der Waals surface area contributed by atoms with E-state index in [1.807, 2.05) is 12.4 Å². The Hall–Kier alpha value is -2.55. The average molecular weight is 327 g/mol. The van der Waals surface area contributed by atoms with Crippen LogP contribution in [0.4, 0.5) is 5.69 Å². The molecule has 3 aromatic rings. The van der Waals surface area contributed by atoms with Crippen molar-refractivity contribution in [2.75, 3.05) is 11.4 Å². The standard InChI is InChI=1S/C22H21N3/c1-14-13-24-21-16(9-10-23-21)19(14)25-11-5-8-17-20(25)22(17)12-18(22)15-6-3-2-4-7-15/h2-10,13,17-18,20H,11-12H2,1H3,(H,23,24). The number of nitrogens with zero attached hydrogens (tertiary/aromatic N) is 2. The summed E-state index contributed by atoms with van der Waals surface area (Å²) in [6, 6.07) is 13.9. The van der Waals surface area contributed by atoms with Crippen molar-refractivity contribution in [2.45, 2.75) is 25.3 Å². The molecule has 1 aliphatic heterocycles. The molecule has 2 aliphatic carbocycles. The summed E-state index contributed by atoms with van der Waals surface area (Å²) in [7, 11) is 0. The van der Waals surface area contributed by atoms with Gasteiger partial charge in [-0.25, -0.2) is 4.98 Å². The van der Waals surface area contributed by atoms with Crippen LogP contribution in [0.5, 0.6) is 0 Å². The van der Waals surface area contributed by atoms with Gasteiger partial charge in [-0.05, 0) is 36.5 Å². The minimum Gasteiger partial charge on any atom is -0.363 e. The van der Waals surface area contributed by atoms with Gasteiger partial charge in [-0.15, -0.1) is 0 Å². The predicted molar refractivity (Wildman–Crippen MR) is 101 cm³/mol. The fourth-order valence-corrected chi connectivity index (χ4v) is 5.48. The van der Waals surface area contributed by atoms with Gasteiger partial charge in [-0.2, -0.15) is 0 Å². The van der Waals surface area contributed by atoms with E-state index >= 15 is 0 Å². The number of hydrogen-bond acceptors (Lipinski definition) is 2. The molecule has 3 aliphatic rings. The van der Waals surface area contributed by atoms with Crippen LogP contribution in [0.25, 0.3) is 11.0 Å². The molecule has 4 atom stereocenters. The second-order valence-electron chi connectivity index (χ2n) is 7.86. The molecule has 0 bridgehead atoms. The molecule has 6 rings (SSSR count). The Morgan fingerprint density at radius 3 is 2.96 bits per heavy atom. The molecule has 2 saturated carbocycles. The molecule has 4 unspecified atom stereocenters. The smallest absolute Gasteiger partial charge is 0.139 e. The lowest BCUT2D eigenvalue weighted by Gasteiger charge is -2.28. The quantitative estimate of drug-likeness (QED) is 0.707. The van der Waals surface area contributed by atoms with E-state index in [0.29, 0.717) is 17.4 Å². The number of fused-ring (bicyclic) bond motifs is 4. The zero-order valence-electron chi connectivity index (χ0n) is 14.3. The van der Waals surface area contributed by atoms with Gasteiger partial charge in [0, 0.05) is 41.7 Å². The Kier molecular flexibility index (Phi) is 2.49. The highest BCUT2D eigenvalue weighted by Gasteiger charge is 2.79. The summed E-state index contributed by atoms with van der Waals surface area (Å²) in [6.07, 6.45) is 10.2. The number of H-pyrrole nitrogens is 1. The van der Waals surface area contributed by atoms with Crippen molar-refractivity contribution >= 4 is 16.7 Å². The minimum atomic E-state index is 0.465. The highest BCUT2D eigenvalue weighted by Crippen LogP contribution is 2.80. The normalized spacial score (nSPS) is 32.2. The summed E-state index contributed by atoms with van der Waals surface area (Å²) >= 11 is 0. The second-order valence-corrected chi connectivity index (χ2v) is 7.86. The van der Waals surface area contributed by atoms with Gasteiger partial charge in [0.1, 0.15) is 5.65 Å². The summed E-state index contributed by atoms with van der Waals surface area (Å²) in [4.78, 5) is 10.5. The Labute approximate surface area is 147 Å². The van der Waals surface area contributed by atoms with Crippen LogP contribution in [0.1, 0.15) is 23.5 Å². The van der Waals surface area contributed by atoms with Crippen LogP contribution in [0.3, 0.4) is 0 Å². The number of aryl methyl sites for hydroxylation is 1. The molecule has 3 heterocycles. The number of aromatic nitrogens is 2. The van der Waals surface area contributed by atoms with Gasteiger partial charge >= 0.3 is 0 Å². The van der Waals surface area contributed by atoms with Crippen LogP contribution in [-0.4, -0.2) is 22.6 Å². The molecule has 124 valence electrons. The first kappa shape index (κ1) is 13.7. The molecule has 2 fully saturated rings. The molecule has 3 nitrogen and oxygen atoms in total. The molecule has 0 saturated heterocycles. The van der Waals surface area contributed by atoms with Gasteiger partial charge in [0.25, 0.3) is 0 Å². The van der Waals surface area contributed by atoms with Crippen LogP contribution in [0.15, 0.2) is 60.9 Å². The second kappa shape index (κ2) is 4.54. The first-order chi connectivity index (χ1) is 12.3. The number of anilines is 1. The number of nitrogens with one attached hydrogen (secondary N) is 1. The summed E-state index contributed by atoms with van der Waals surface area (Å²) in [5.74, 6) is 1.42. The van der Waals surface area contributed by atoms with Crippen LogP contribution in [0.2, 0.25) is 0 Å². The molecule has 2 aromatic heterocycles. The monoisotopic (exact) mass is 327 g/mol. The lowest BCUT2D eigenvalue weighted by molar-refractivity contribution is 0.731. The van der Waals surface area contributed by atoms with Crippen LogP contribution in [-0.2, 0) is 0 Å². The Bertz CT molecular complexity index is 1000. The van der Waals surface area contributed by atoms with E-state index in [9.17, 15) is 0 Å². The summed E-state index contributed by atoms with van der Waals surface area (Å²) in [6.45, 7) is 3.20. The first-order valence-corrected chi connectivity index (χ1v) is 9.21. The third-order valence-electron chi connectivity index (χ3n) is 6.66. The minimum absolute atomic E-state index is 0.465. The van der Waals surface area contributed by atoms with Crippen LogP contribution in [0, 0.1) is 18.3 Å². The van der Waals surface area contributed by atoms with Gasteiger partial charge in [-0.3, -0.25) is 0 Å². The molecule has 1 aromatic carbocycles. The largest absolute Gasteiger partial charge is 0.363 e. The van der Waals surface area contributed by atoms with E-state index < -0.39 is 0 Å². The first-order valence-electron chi connectivity index (χ1n) is 9.21. The molecule has 1 spiro atoms. The lowest BCUT2D eigenvalue weighted by Crippen LogP contribution is -2.31. The van der Waals surface area contributed by atoms with Gasteiger partial charge in [0.05, 0.1) is 5.69 Å². The van der Waals surface area contributed by atoms with Gasteiger partial charge in [-0.1, -0.05) is 42.5 Å². The maximum Gasteiger partial charge on any atom is 0.139 e. The van der Waals surface area contributed by atoms with E-state index in [-0.39, 0.29) is 0 Å². The summed E-state index contributed by atoms with van der Waals surface area (Å²) in [5, 5.41) is 1.26. The van der Waals surface area contributed by atoms with Crippen molar-refractivity contribution in [1.82, 2.24) is 9.97 Å². The lowest BCUT2D eigenvalue weighted by atomic mass is 10.1. The fourth-order valence-electron chi connectivity index (χ4n) is 5.48. The highest BCUT2D eigenvalue weighted by molar-refractivity contribution is 5.92. The molecular formula is C22H21N3. The van der Waals surface area contributed by atoms with Gasteiger partial charge in [0.15, 0.2) is 0 Å². The topological polar surface area (TPSA) is 31.9 Å². The van der Waals surface area contributed by atoms with E-state index in [1.54, 1.807) is 0 Å². The van der Waals surface area contributed by atoms with E-state index in [4.69, 9.17) is 0 Å². The number of rotatable bonds is 2. The van der Waals surface area contributed by atoms with Crippen molar-refractivity contribution in [2.24, 2.45) is 11.3 Å². The Morgan fingerprint density at radius 1 is 1.20 bits per heavy atom. The Balaban J connectivity index is 1.42. The zero-order chi connectivity index (χ0) is 16.6. The highest BCUT2D eigenvalue weighted by atomic mass is 15.3. The van der Waals surface area contributed by atoms with Crippen LogP contribution >= 0.6 is 0 Å². The predicted octanol–water partition coefficient (Wildman–Crippen LogP) is 4.42. The molecular weight excluding hydrogens is 306 g/mol. The number of benzene rings is 1. The van der Waals surface area contributed by atoms with E-state index in [0.717, 1.165) is 18.1 Å². The van der Waals surface area contributed by atoms with E-state index in [1.165, 1.54) is 28.6 Å². The average Bonchev–Trinajstić information content (AvgIpc) is 3.48. The number of aromatic amines is 1. The van der Waals surface area contributed by atoms with Crippen molar-refractivity contribution in [1.29, 1.82) is 0 Å². The maximum atomic E-state index is 4.55. The van der Waals surface area contributed by atoms with Crippen molar-refractivity contribution < 1.29 is 0 Å². The van der Waals surface area contributed by atoms with Crippen molar-refractivity contribution in [3.63, 3.8) is 0 Å². The number of hydrogen-bond donors (Lipinski definition) is 1. The third-order valence-corrected chi connectivity index (χ3v) is 6.66. The van der Waals surface area contributed by atoms with Crippen LogP contribution < -0.4 is 4.90 Å².